The number of fused-ring (bicyclic) bond motifs is 1. The Morgan fingerprint density at radius 1 is 1.10 bits per heavy atom. The first-order valence-electron chi connectivity index (χ1n) is 9.56. The number of nitrogens with one attached hydrogen (secondary N) is 2. The summed E-state index contributed by atoms with van der Waals surface area (Å²) in [5, 5.41) is 5.45. The van der Waals surface area contributed by atoms with Gasteiger partial charge in [-0.1, -0.05) is 26.0 Å². The molecule has 152 valence electrons. The Hall–Kier alpha value is -3.35. The number of aromatic nitrogens is 2. The zero-order valence-corrected chi connectivity index (χ0v) is 17.1. The Morgan fingerprint density at radius 2 is 1.79 bits per heavy atom. The molecule has 0 saturated carbocycles. The molecular formula is C22H26N4O3. The predicted octanol–water partition coefficient (Wildman–Crippen LogP) is 3.95. The molecule has 3 rings (SSSR count). The van der Waals surface area contributed by atoms with Gasteiger partial charge < -0.3 is 19.9 Å². The molecule has 29 heavy (non-hydrogen) atoms. The minimum absolute atomic E-state index is 0.239. The number of carbonyl (C=O) groups excluding carboxylic acids is 2. The van der Waals surface area contributed by atoms with Crippen LogP contribution >= 0.6 is 0 Å². The fourth-order valence-electron chi connectivity index (χ4n) is 3.24. The second-order valence-corrected chi connectivity index (χ2v) is 7.37. The number of benzene rings is 2. The van der Waals surface area contributed by atoms with Crippen molar-refractivity contribution in [1.82, 2.24) is 14.9 Å². The van der Waals surface area contributed by atoms with E-state index < -0.39 is 12.1 Å². The Bertz CT molecular complexity index is 1010. The second kappa shape index (κ2) is 8.77. The van der Waals surface area contributed by atoms with Crippen molar-refractivity contribution in [2.24, 2.45) is 13.0 Å². The number of alkyl carbamates (subject to hydrolysis) is 1. The smallest absolute Gasteiger partial charge is 0.407 e. The van der Waals surface area contributed by atoms with Crippen LogP contribution in [-0.4, -0.2) is 34.7 Å². The molecule has 0 fully saturated rings. The first-order chi connectivity index (χ1) is 13.9. The van der Waals surface area contributed by atoms with Crippen LogP contribution in [0.2, 0.25) is 0 Å². The van der Waals surface area contributed by atoms with E-state index in [0.717, 1.165) is 22.4 Å². The number of hydrogen-bond donors (Lipinski definition) is 2. The molecule has 3 aromatic rings. The minimum atomic E-state index is -0.665. The second-order valence-electron chi connectivity index (χ2n) is 7.37. The van der Waals surface area contributed by atoms with Crippen molar-refractivity contribution in [1.29, 1.82) is 0 Å². The fourth-order valence-corrected chi connectivity index (χ4v) is 3.24. The largest absolute Gasteiger partial charge is 0.453 e. The van der Waals surface area contributed by atoms with E-state index in [2.05, 4.69) is 15.4 Å². The Kier molecular flexibility index (Phi) is 6.16. The van der Waals surface area contributed by atoms with E-state index >= 15 is 0 Å². The number of carbonyl (C=O) groups is 2. The van der Waals surface area contributed by atoms with Crippen LogP contribution in [-0.2, 0) is 16.6 Å². The summed E-state index contributed by atoms with van der Waals surface area (Å²) in [4.78, 5) is 28.9. The summed E-state index contributed by atoms with van der Waals surface area (Å²) in [6.45, 7) is 3.98. The average Bonchev–Trinajstić information content (AvgIpc) is 3.04. The summed E-state index contributed by atoms with van der Waals surface area (Å²) in [5.41, 5.74) is 3.60. The third-order valence-corrected chi connectivity index (χ3v) is 4.70. The van der Waals surface area contributed by atoms with Gasteiger partial charge in [0.1, 0.15) is 11.9 Å². The maximum absolute atomic E-state index is 12.6. The molecule has 0 radical (unpaired) electrons. The van der Waals surface area contributed by atoms with Gasteiger partial charge in [0.2, 0.25) is 5.91 Å². The quantitative estimate of drug-likeness (QED) is 0.663. The van der Waals surface area contributed by atoms with E-state index in [1.54, 1.807) is 0 Å². The van der Waals surface area contributed by atoms with Gasteiger partial charge in [0.05, 0.1) is 18.1 Å². The van der Waals surface area contributed by atoms with Crippen molar-refractivity contribution in [2.75, 3.05) is 12.4 Å². The molecule has 0 spiro atoms. The normalized spacial score (nSPS) is 12.0. The topological polar surface area (TPSA) is 85.2 Å². The molecule has 0 aliphatic rings. The van der Waals surface area contributed by atoms with Crippen LogP contribution < -0.4 is 10.6 Å². The third kappa shape index (κ3) is 4.74. The minimum Gasteiger partial charge on any atom is -0.453 e. The van der Waals surface area contributed by atoms with E-state index in [9.17, 15) is 9.59 Å². The molecule has 1 heterocycles. The molecule has 1 aromatic heterocycles. The first kappa shape index (κ1) is 20.4. The SMILES string of the molecule is COC(=O)NC(CC(C)C)C(=O)Nc1ccc(-c2nc3ccccc3n2C)cc1. The number of hydrogen-bond acceptors (Lipinski definition) is 4. The molecule has 2 aromatic carbocycles. The molecule has 0 saturated heterocycles. The van der Waals surface area contributed by atoms with Crippen LogP contribution in [0.5, 0.6) is 0 Å². The lowest BCUT2D eigenvalue weighted by atomic mass is 10.0. The molecule has 0 bridgehead atoms. The summed E-state index contributed by atoms with van der Waals surface area (Å²) in [6.07, 6.45) is -0.109. The number of ether oxygens (including phenoxy) is 1. The molecule has 7 nitrogen and oxygen atoms in total. The number of imidazole rings is 1. The van der Waals surface area contributed by atoms with Gasteiger partial charge in [-0.3, -0.25) is 4.79 Å². The van der Waals surface area contributed by atoms with E-state index in [1.807, 2.05) is 74.0 Å². The van der Waals surface area contributed by atoms with Crippen LogP contribution in [0.3, 0.4) is 0 Å². The number of anilines is 1. The Morgan fingerprint density at radius 3 is 2.41 bits per heavy atom. The maximum atomic E-state index is 12.6. The summed E-state index contributed by atoms with van der Waals surface area (Å²) in [7, 11) is 3.26. The van der Waals surface area contributed by atoms with Crippen molar-refractivity contribution in [3.05, 3.63) is 48.5 Å². The van der Waals surface area contributed by atoms with Crippen molar-refractivity contribution >= 4 is 28.7 Å². The molecule has 7 heteroatoms. The van der Waals surface area contributed by atoms with Crippen molar-refractivity contribution in [2.45, 2.75) is 26.3 Å². The highest BCUT2D eigenvalue weighted by atomic mass is 16.5. The number of aryl methyl sites for hydroxylation is 1. The van der Waals surface area contributed by atoms with Crippen LogP contribution in [0.25, 0.3) is 22.4 Å². The number of para-hydroxylation sites is 2. The summed E-state index contributed by atoms with van der Waals surface area (Å²) < 4.78 is 6.67. The zero-order valence-electron chi connectivity index (χ0n) is 17.1. The van der Waals surface area contributed by atoms with Gasteiger partial charge in [0, 0.05) is 18.3 Å². The molecule has 2 N–H and O–H groups in total. The molecular weight excluding hydrogens is 368 g/mol. The summed E-state index contributed by atoms with van der Waals surface area (Å²) in [5.74, 6) is 0.816. The van der Waals surface area contributed by atoms with Crippen LogP contribution in [0.15, 0.2) is 48.5 Å². The van der Waals surface area contributed by atoms with Gasteiger partial charge in [-0.05, 0) is 48.7 Å². The highest BCUT2D eigenvalue weighted by molar-refractivity contribution is 5.96. The van der Waals surface area contributed by atoms with E-state index in [1.165, 1.54) is 7.11 Å². The van der Waals surface area contributed by atoms with Crippen molar-refractivity contribution in [3.63, 3.8) is 0 Å². The standard InChI is InChI=1S/C22H26N4O3/c1-14(2)13-18(25-22(28)29-4)21(27)23-16-11-9-15(10-12-16)20-24-17-7-5-6-8-19(17)26(20)3/h5-12,14,18H,13H2,1-4H3,(H,23,27)(H,25,28). The third-order valence-electron chi connectivity index (χ3n) is 4.70. The van der Waals surface area contributed by atoms with Crippen molar-refractivity contribution in [3.8, 4) is 11.4 Å². The lowest BCUT2D eigenvalue weighted by Gasteiger charge is -2.19. The van der Waals surface area contributed by atoms with Crippen LogP contribution in [0.1, 0.15) is 20.3 Å². The molecule has 0 aliphatic carbocycles. The van der Waals surface area contributed by atoms with E-state index in [4.69, 9.17) is 4.98 Å². The van der Waals surface area contributed by atoms with Gasteiger partial charge in [0.15, 0.2) is 0 Å². The first-order valence-corrected chi connectivity index (χ1v) is 9.56. The van der Waals surface area contributed by atoms with E-state index in [-0.39, 0.29) is 11.8 Å². The number of nitrogens with zero attached hydrogens (tertiary/aromatic N) is 2. The number of rotatable bonds is 6. The lowest BCUT2D eigenvalue weighted by molar-refractivity contribution is -0.118. The Balaban J connectivity index is 1.76. The monoisotopic (exact) mass is 394 g/mol. The highest BCUT2D eigenvalue weighted by Crippen LogP contribution is 2.24. The van der Waals surface area contributed by atoms with Crippen LogP contribution in [0.4, 0.5) is 10.5 Å². The lowest BCUT2D eigenvalue weighted by Crippen LogP contribution is -2.44. The molecule has 2 amide bonds. The molecule has 1 atom stereocenters. The van der Waals surface area contributed by atoms with Crippen molar-refractivity contribution < 1.29 is 14.3 Å². The average molecular weight is 394 g/mol. The highest BCUT2D eigenvalue weighted by Gasteiger charge is 2.22. The fraction of sp³-hybridized carbons (Fsp3) is 0.318. The van der Waals surface area contributed by atoms with Gasteiger partial charge >= 0.3 is 6.09 Å². The number of methoxy groups -OCH3 is 1. The van der Waals surface area contributed by atoms with Crippen LogP contribution in [0, 0.1) is 5.92 Å². The summed E-state index contributed by atoms with van der Waals surface area (Å²) >= 11 is 0. The summed E-state index contributed by atoms with van der Waals surface area (Å²) in [6, 6.07) is 14.8. The molecule has 1 unspecified atom stereocenters. The van der Waals surface area contributed by atoms with Gasteiger partial charge in [-0.15, -0.1) is 0 Å². The number of amides is 2. The van der Waals surface area contributed by atoms with Gasteiger partial charge in [-0.25, -0.2) is 9.78 Å². The van der Waals surface area contributed by atoms with Gasteiger partial charge in [-0.2, -0.15) is 0 Å². The maximum Gasteiger partial charge on any atom is 0.407 e. The Labute approximate surface area is 170 Å². The van der Waals surface area contributed by atoms with Gasteiger partial charge in [0.25, 0.3) is 0 Å². The van der Waals surface area contributed by atoms with E-state index in [0.29, 0.717) is 12.1 Å². The molecule has 0 aliphatic heterocycles. The predicted molar refractivity (Wildman–Crippen MR) is 114 cm³/mol. The zero-order chi connectivity index (χ0) is 21.0.